The summed E-state index contributed by atoms with van der Waals surface area (Å²) in [5, 5.41) is 12.3. The molecule has 5 heteroatoms. The average Bonchev–Trinajstić information content (AvgIpc) is 2.29. The van der Waals surface area contributed by atoms with Gasteiger partial charge in [-0.25, -0.2) is 14.8 Å². The molecular weight excluding hydrogens is 230 g/mol. The van der Waals surface area contributed by atoms with E-state index in [1.807, 2.05) is 26.8 Å². The normalized spacial score (nSPS) is 14.3. The minimum absolute atomic E-state index is 0.288. The predicted octanol–water partition coefficient (Wildman–Crippen LogP) is 2.66. The number of hydrogen-bond donors (Lipinski definition) is 2. The summed E-state index contributed by atoms with van der Waals surface area (Å²) in [5.41, 5.74) is -0.0890. The van der Waals surface area contributed by atoms with E-state index in [0.717, 1.165) is 12.1 Å². The number of nitrogens with one attached hydrogen (secondary N) is 1. The zero-order chi connectivity index (χ0) is 13.8. The topological polar surface area (TPSA) is 75.1 Å². The van der Waals surface area contributed by atoms with Crippen LogP contribution in [0.25, 0.3) is 0 Å². The van der Waals surface area contributed by atoms with Crippen LogP contribution in [0.1, 0.15) is 52.1 Å². The van der Waals surface area contributed by atoms with Gasteiger partial charge in [-0.2, -0.15) is 0 Å². The SMILES string of the molecule is CCCC(C)(Nc1cc(C(C)C)ncn1)C(=O)O. The molecule has 100 valence electrons. The maximum absolute atomic E-state index is 11.3. The lowest BCUT2D eigenvalue weighted by Gasteiger charge is -2.26. The first-order valence-corrected chi connectivity index (χ1v) is 6.22. The predicted molar refractivity (Wildman–Crippen MR) is 70.7 cm³/mol. The summed E-state index contributed by atoms with van der Waals surface area (Å²) in [6.07, 6.45) is 2.80. The van der Waals surface area contributed by atoms with Crippen LogP contribution < -0.4 is 5.32 Å². The monoisotopic (exact) mass is 251 g/mol. The number of carboxylic acid groups (broad SMARTS) is 1. The van der Waals surface area contributed by atoms with Crippen LogP contribution in [0.4, 0.5) is 5.82 Å². The fourth-order valence-electron chi connectivity index (χ4n) is 1.76. The largest absolute Gasteiger partial charge is 0.480 e. The Hall–Kier alpha value is -1.65. The number of aromatic nitrogens is 2. The minimum Gasteiger partial charge on any atom is -0.480 e. The fraction of sp³-hybridized carbons (Fsp3) is 0.615. The van der Waals surface area contributed by atoms with E-state index in [-0.39, 0.29) is 5.92 Å². The van der Waals surface area contributed by atoms with Crippen molar-refractivity contribution in [2.75, 3.05) is 5.32 Å². The van der Waals surface area contributed by atoms with Crippen molar-refractivity contribution in [3.63, 3.8) is 0 Å². The first kappa shape index (κ1) is 14.4. The van der Waals surface area contributed by atoms with Crippen LogP contribution in [-0.2, 0) is 4.79 Å². The van der Waals surface area contributed by atoms with Gasteiger partial charge in [-0.15, -0.1) is 0 Å². The van der Waals surface area contributed by atoms with Gasteiger partial charge in [0, 0.05) is 11.8 Å². The summed E-state index contributed by atoms with van der Waals surface area (Å²) in [6.45, 7) is 7.71. The van der Waals surface area contributed by atoms with Gasteiger partial charge in [0.2, 0.25) is 0 Å². The van der Waals surface area contributed by atoms with E-state index < -0.39 is 11.5 Å². The third-order valence-corrected chi connectivity index (χ3v) is 2.91. The minimum atomic E-state index is -0.989. The molecule has 2 N–H and O–H groups in total. The highest BCUT2D eigenvalue weighted by molar-refractivity contribution is 5.81. The molecule has 0 aliphatic rings. The van der Waals surface area contributed by atoms with Gasteiger partial charge in [0.25, 0.3) is 0 Å². The van der Waals surface area contributed by atoms with Crippen molar-refractivity contribution >= 4 is 11.8 Å². The van der Waals surface area contributed by atoms with Crippen molar-refractivity contribution in [1.29, 1.82) is 0 Å². The van der Waals surface area contributed by atoms with Crippen LogP contribution in [0.3, 0.4) is 0 Å². The summed E-state index contributed by atoms with van der Waals surface area (Å²) >= 11 is 0. The van der Waals surface area contributed by atoms with E-state index in [1.54, 1.807) is 6.92 Å². The van der Waals surface area contributed by atoms with Gasteiger partial charge in [-0.3, -0.25) is 0 Å². The molecule has 1 aromatic heterocycles. The molecule has 0 saturated carbocycles. The molecule has 0 fully saturated rings. The quantitative estimate of drug-likeness (QED) is 0.813. The zero-order valence-corrected chi connectivity index (χ0v) is 11.4. The highest BCUT2D eigenvalue weighted by atomic mass is 16.4. The number of aliphatic carboxylic acids is 1. The number of hydrogen-bond acceptors (Lipinski definition) is 4. The Morgan fingerprint density at radius 3 is 2.67 bits per heavy atom. The number of nitrogens with zero attached hydrogens (tertiary/aromatic N) is 2. The van der Waals surface area contributed by atoms with Crippen molar-refractivity contribution in [3.8, 4) is 0 Å². The van der Waals surface area contributed by atoms with Crippen LogP contribution in [0.15, 0.2) is 12.4 Å². The van der Waals surface area contributed by atoms with Crippen LogP contribution in [0.2, 0.25) is 0 Å². The van der Waals surface area contributed by atoms with Crippen LogP contribution in [0.5, 0.6) is 0 Å². The number of carbonyl (C=O) groups is 1. The van der Waals surface area contributed by atoms with Crippen molar-refractivity contribution in [3.05, 3.63) is 18.1 Å². The van der Waals surface area contributed by atoms with E-state index in [9.17, 15) is 9.90 Å². The molecule has 0 aliphatic carbocycles. The first-order chi connectivity index (χ1) is 8.39. The Balaban J connectivity index is 2.94. The van der Waals surface area contributed by atoms with Gasteiger partial charge < -0.3 is 10.4 Å². The van der Waals surface area contributed by atoms with Gasteiger partial charge in [0.1, 0.15) is 17.7 Å². The van der Waals surface area contributed by atoms with E-state index in [4.69, 9.17) is 0 Å². The molecule has 1 atom stereocenters. The van der Waals surface area contributed by atoms with Gasteiger partial charge >= 0.3 is 5.97 Å². The molecule has 0 saturated heterocycles. The third kappa shape index (κ3) is 3.42. The Kier molecular flexibility index (Phi) is 4.64. The Labute approximate surface area is 108 Å². The van der Waals surface area contributed by atoms with Gasteiger partial charge in [0.15, 0.2) is 0 Å². The highest BCUT2D eigenvalue weighted by Crippen LogP contribution is 2.21. The standard InChI is InChI=1S/C13H21N3O2/c1-5-6-13(4,12(17)18)16-11-7-10(9(2)3)14-8-15-11/h7-9H,5-6H2,1-4H3,(H,17,18)(H,14,15,16). The molecule has 5 nitrogen and oxygen atoms in total. The van der Waals surface area contributed by atoms with Crippen LogP contribution >= 0.6 is 0 Å². The molecule has 0 spiro atoms. The van der Waals surface area contributed by atoms with E-state index in [0.29, 0.717) is 12.2 Å². The smallest absolute Gasteiger partial charge is 0.329 e. The maximum atomic E-state index is 11.3. The molecule has 0 aromatic carbocycles. The molecule has 1 rings (SSSR count). The maximum Gasteiger partial charge on any atom is 0.329 e. The second-order valence-corrected chi connectivity index (χ2v) is 5.00. The highest BCUT2D eigenvalue weighted by Gasteiger charge is 2.32. The lowest BCUT2D eigenvalue weighted by molar-refractivity contribution is -0.142. The number of carboxylic acids is 1. The van der Waals surface area contributed by atoms with Crippen molar-refractivity contribution in [2.45, 2.75) is 52.0 Å². The van der Waals surface area contributed by atoms with Gasteiger partial charge in [-0.1, -0.05) is 27.2 Å². The molecule has 18 heavy (non-hydrogen) atoms. The van der Waals surface area contributed by atoms with Crippen LogP contribution in [-0.4, -0.2) is 26.6 Å². The summed E-state index contributed by atoms with van der Waals surface area (Å²) in [7, 11) is 0. The molecule has 0 aliphatic heterocycles. The van der Waals surface area contributed by atoms with E-state index in [2.05, 4.69) is 15.3 Å². The molecule has 1 heterocycles. The Morgan fingerprint density at radius 1 is 1.50 bits per heavy atom. The summed E-state index contributed by atoms with van der Waals surface area (Å²) in [5.74, 6) is -0.0167. The fourth-order valence-corrected chi connectivity index (χ4v) is 1.76. The van der Waals surface area contributed by atoms with Crippen molar-refractivity contribution in [2.24, 2.45) is 0 Å². The summed E-state index contributed by atoms with van der Waals surface area (Å²) in [4.78, 5) is 19.6. The van der Waals surface area contributed by atoms with Gasteiger partial charge in [0.05, 0.1) is 0 Å². The van der Waals surface area contributed by atoms with E-state index in [1.165, 1.54) is 6.33 Å². The first-order valence-electron chi connectivity index (χ1n) is 6.22. The molecule has 0 amide bonds. The average molecular weight is 251 g/mol. The number of anilines is 1. The van der Waals surface area contributed by atoms with Gasteiger partial charge in [-0.05, 0) is 19.3 Å². The lowest BCUT2D eigenvalue weighted by Crippen LogP contribution is -2.43. The third-order valence-electron chi connectivity index (χ3n) is 2.91. The van der Waals surface area contributed by atoms with Crippen molar-refractivity contribution in [1.82, 2.24) is 9.97 Å². The number of rotatable bonds is 6. The van der Waals surface area contributed by atoms with Crippen molar-refractivity contribution < 1.29 is 9.90 Å². The lowest BCUT2D eigenvalue weighted by atomic mass is 9.96. The molecule has 0 bridgehead atoms. The summed E-state index contributed by atoms with van der Waals surface area (Å²) < 4.78 is 0. The molecule has 1 unspecified atom stereocenters. The second-order valence-electron chi connectivity index (χ2n) is 5.00. The zero-order valence-electron chi connectivity index (χ0n) is 11.4. The second kappa shape index (κ2) is 5.80. The Bertz CT molecular complexity index is 420. The summed E-state index contributed by atoms with van der Waals surface area (Å²) in [6, 6.07) is 1.81. The molecule has 1 aromatic rings. The molecular formula is C13H21N3O2. The molecule has 0 radical (unpaired) electrons. The van der Waals surface area contributed by atoms with E-state index >= 15 is 0 Å². The Morgan fingerprint density at radius 2 is 2.17 bits per heavy atom. The van der Waals surface area contributed by atoms with Crippen LogP contribution in [0, 0.1) is 0 Å².